The third-order valence-electron chi connectivity index (χ3n) is 2.39. The van der Waals surface area contributed by atoms with Crippen LogP contribution in [0.3, 0.4) is 0 Å². The van der Waals surface area contributed by atoms with Crippen LogP contribution in [0.5, 0.6) is 0 Å². The quantitative estimate of drug-likeness (QED) is 0.831. The minimum atomic E-state index is -0.150. The Kier molecular flexibility index (Phi) is 5.79. The van der Waals surface area contributed by atoms with Crippen LogP contribution >= 0.6 is 15.9 Å². The second kappa shape index (κ2) is 7.13. The van der Waals surface area contributed by atoms with Crippen molar-refractivity contribution in [3.05, 3.63) is 34.3 Å². The van der Waals surface area contributed by atoms with E-state index in [0.717, 1.165) is 22.9 Å². The lowest BCUT2D eigenvalue weighted by Gasteiger charge is -2.11. The molecule has 0 aliphatic heterocycles. The van der Waals surface area contributed by atoms with Crippen LogP contribution in [0.4, 0.5) is 0 Å². The third kappa shape index (κ3) is 5.06. The number of hydrogen-bond acceptors (Lipinski definition) is 1. The molecule has 1 amide bonds. The van der Waals surface area contributed by atoms with Gasteiger partial charge in [-0.1, -0.05) is 47.3 Å². The van der Waals surface area contributed by atoms with Crippen LogP contribution in [0.1, 0.15) is 25.3 Å². The first-order valence-electron chi connectivity index (χ1n) is 5.65. The predicted molar refractivity (Wildman–Crippen MR) is 73.5 cm³/mol. The van der Waals surface area contributed by atoms with Crippen molar-refractivity contribution in [3.63, 3.8) is 0 Å². The molecule has 3 heteroatoms. The molecule has 1 atom stereocenters. The van der Waals surface area contributed by atoms with Crippen molar-refractivity contribution in [2.75, 3.05) is 0 Å². The average Bonchev–Trinajstić information content (AvgIpc) is 2.31. The summed E-state index contributed by atoms with van der Waals surface area (Å²) in [6.07, 6.45) is 7.51. The molecule has 1 aromatic carbocycles. The van der Waals surface area contributed by atoms with E-state index in [9.17, 15) is 4.79 Å². The van der Waals surface area contributed by atoms with Crippen LogP contribution in [0.2, 0.25) is 0 Å². The van der Waals surface area contributed by atoms with Crippen molar-refractivity contribution in [2.24, 2.45) is 0 Å². The van der Waals surface area contributed by atoms with Crippen molar-refractivity contribution in [3.8, 4) is 12.3 Å². The summed E-state index contributed by atoms with van der Waals surface area (Å²) in [5.41, 5.74) is 0.984. The van der Waals surface area contributed by atoms with Gasteiger partial charge in [0, 0.05) is 4.47 Å². The van der Waals surface area contributed by atoms with Gasteiger partial charge in [0.1, 0.15) is 0 Å². The Morgan fingerprint density at radius 3 is 2.65 bits per heavy atom. The Morgan fingerprint density at radius 2 is 2.12 bits per heavy atom. The summed E-state index contributed by atoms with van der Waals surface area (Å²) in [5.74, 6) is 2.56. The second-order valence-corrected chi connectivity index (χ2v) is 4.79. The molecule has 0 heterocycles. The fraction of sp³-hybridized carbons (Fsp3) is 0.357. The van der Waals surface area contributed by atoms with E-state index in [-0.39, 0.29) is 11.9 Å². The molecule has 0 saturated carbocycles. The van der Waals surface area contributed by atoms with Crippen molar-refractivity contribution in [2.45, 2.75) is 32.2 Å². The number of carbonyl (C=O) groups is 1. The summed E-state index contributed by atoms with van der Waals surface area (Å²) >= 11 is 3.36. The van der Waals surface area contributed by atoms with Crippen molar-refractivity contribution in [1.29, 1.82) is 0 Å². The minimum absolute atomic E-state index is 0.0243. The van der Waals surface area contributed by atoms with Crippen molar-refractivity contribution < 1.29 is 4.79 Å². The van der Waals surface area contributed by atoms with Crippen LogP contribution < -0.4 is 5.32 Å². The lowest BCUT2D eigenvalue weighted by Crippen LogP contribution is -2.34. The van der Waals surface area contributed by atoms with Gasteiger partial charge in [-0.3, -0.25) is 4.79 Å². The van der Waals surface area contributed by atoms with E-state index in [1.54, 1.807) is 0 Å². The topological polar surface area (TPSA) is 29.1 Å². The van der Waals surface area contributed by atoms with Gasteiger partial charge in [-0.05, 0) is 24.1 Å². The Hall–Kier alpha value is -1.27. The van der Waals surface area contributed by atoms with Crippen LogP contribution in [-0.2, 0) is 11.2 Å². The van der Waals surface area contributed by atoms with Gasteiger partial charge in [0.25, 0.3) is 0 Å². The van der Waals surface area contributed by atoms with E-state index in [1.165, 1.54) is 0 Å². The first-order valence-corrected chi connectivity index (χ1v) is 6.45. The number of hydrogen-bond donors (Lipinski definition) is 1. The van der Waals surface area contributed by atoms with Gasteiger partial charge in [-0.15, -0.1) is 6.42 Å². The number of amides is 1. The van der Waals surface area contributed by atoms with Crippen LogP contribution in [0.15, 0.2) is 28.7 Å². The SMILES string of the molecule is C#CC(CCC)NC(=O)Cc1ccc(Br)cc1. The number of halogens is 1. The van der Waals surface area contributed by atoms with E-state index in [2.05, 4.69) is 27.2 Å². The highest BCUT2D eigenvalue weighted by atomic mass is 79.9. The summed E-state index contributed by atoms with van der Waals surface area (Å²) in [6.45, 7) is 2.05. The molecule has 1 rings (SSSR count). The van der Waals surface area contributed by atoms with Crippen molar-refractivity contribution >= 4 is 21.8 Å². The molecular weight excluding hydrogens is 278 g/mol. The summed E-state index contributed by atoms with van der Waals surface area (Å²) < 4.78 is 1.01. The largest absolute Gasteiger partial charge is 0.342 e. The zero-order valence-electron chi connectivity index (χ0n) is 9.87. The summed E-state index contributed by atoms with van der Waals surface area (Å²) in [4.78, 5) is 11.7. The summed E-state index contributed by atoms with van der Waals surface area (Å²) in [6, 6.07) is 7.55. The molecule has 0 bridgehead atoms. The maximum atomic E-state index is 11.7. The molecule has 17 heavy (non-hydrogen) atoms. The first kappa shape index (κ1) is 13.8. The monoisotopic (exact) mass is 293 g/mol. The summed E-state index contributed by atoms with van der Waals surface area (Å²) in [7, 11) is 0. The number of rotatable bonds is 5. The smallest absolute Gasteiger partial charge is 0.225 e. The Balaban J connectivity index is 2.49. The molecule has 0 fully saturated rings. The number of terminal acetylenes is 1. The zero-order valence-corrected chi connectivity index (χ0v) is 11.5. The summed E-state index contributed by atoms with van der Waals surface area (Å²) in [5, 5.41) is 2.84. The van der Waals surface area contributed by atoms with Gasteiger partial charge in [0.2, 0.25) is 5.91 Å². The minimum Gasteiger partial charge on any atom is -0.342 e. The van der Waals surface area contributed by atoms with E-state index in [0.29, 0.717) is 6.42 Å². The Morgan fingerprint density at radius 1 is 1.47 bits per heavy atom. The molecule has 0 aliphatic carbocycles. The van der Waals surface area contributed by atoms with Crippen molar-refractivity contribution in [1.82, 2.24) is 5.32 Å². The average molecular weight is 294 g/mol. The molecule has 1 N–H and O–H groups in total. The fourth-order valence-electron chi connectivity index (χ4n) is 1.52. The third-order valence-corrected chi connectivity index (χ3v) is 2.92. The van der Waals surface area contributed by atoms with Gasteiger partial charge in [0.15, 0.2) is 0 Å². The molecule has 0 aliphatic rings. The van der Waals surface area contributed by atoms with Gasteiger partial charge < -0.3 is 5.32 Å². The maximum Gasteiger partial charge on any atom is 0.225 e. The lowest BCUT2D eigenvalue weighted by molar-refractivity contribution is -0.120. The normalized spacial score (nSPS) is 11.6. The molecular formula is C14H16BrNO. The van der Waals surface area contributed by atoms with E-state index < -0.39 is 0 Å². The van der Waals surface area contributed by atoms with Crippen LogP contribution in [0, 0.1) is 12.3 Å². The fourth-order valence-corrected chi connectivity index (χ4v) is 1.78. The van der Waals surface area contributed by atoms with Gasteiger partial charge in [0.05, 0.1) is 12.5 Å². The van der Waals surface area contributed by atoms with Gasteiger partial charge in [-0.2, -0.15) is 0 Å². The zero-order chi connectivity index (χ0) is 12.7. The number of benzene rings is 1. The molecule has 0 radical (unpaired) electrons. The highest BCUT2D eigenvalue weighted by molar-refractivity contribution is 9.10. The van der Waals surface area contributed by atoms with Crippen LogP contribution in [-0.4, -0.2) is 11.9 Å². The molecule has 0 aromatic heterocycles. The molecule has 90 valence electrons. The van der Waals surface area contributed by atoms with Crippen LogP contribution in [0.25, 0.3) is 0 Å². The highest BCUT2D eigenvalue weighted by Crippen LogP contribution is 2.10. The molecule has 2 nitrogen and oxygen atoms in total. The molecule has 0 spiro atoms. The predicted octanol–water partition coefficient (Wildman–Crippen LogP) is 2.91. The number of carbonyl (C=O) groups excluding carboxylic acids is 1. The Labute approximate surface area is 111 Å². The second-order valence-electron chi connectivity index (χ2n) is 3.88. The molecule has 1 unspecified atom stereocenters. The first-order chi connectivity index (χ1) is 8.15. The van der Waals surface area contributed by atoms with E-state index >= 15 is 0 Å². The maximum absolute atomic E-state index is 11.7. The number of nitrogens with one attached hydrogen (secondary N) is 1. The highest BCUT2D eigenvalue weighted by Gasteiger charge is 2.08. The molecule has 1 aromatic rings. The standard InChI is InChI=1S/C14H16BrNO/c1-3-5-13(4-2)16-14(17)10-11-6-8-12(15)9-7-11/h2,6-9,13H,3,5,10H2,1H3,(H,16,17). The van der Waals surface area contributed by atoms with Gasteiger partial charge >= 0.3 is 0 Å². The molecule has 0 saturated heterocycles. The van der Waals surface area contributed by atoms with E-state index in [4.69, 9.17) is 6.42 Å². The Bertz CT molecular complexity index is 405. The van der Waals surface area contributed by atoms with Gasteiger partial charge in [-0.25, -0.2) is 0 Å². The van der Waals surface area contributed by atoms with E-state index in [1.807, 2.05) is 31.2 Å². The lowest BCUT2D eigenvalue weighted by atomic mass is 10.1.